The molecule has 1 rings (SSSR count). The van der Waals surface area contributed by atoms with Crippen LogP contribution in [0.25, 0.3) is 0 Å². The number of rotatable bonds is 3. The number of benzene rings is 1. The van der Waals surface area contributed by atoms with E-state index in [1.165, 1.54) is 0 Å². The largest absolute Gasteiger partial charge is 0.444 e. The summed E-state index contributed by atoms with van der Waals surface area (Å²) >= 11 is 0. The third-order valence-corrected chi connectivity index (χ3v) is 2.82. The Balaban J connectivity index is 3.21. The second-order valence-electron chi connectivity index (χ2n) is 6.17. The standard InChI is InChI=1S/C15H17F4NO3/c1-13(2,3)23-12(22)20-14(4,8-21)9-5-10(15(17,18)19)7-11(16)6-9/h5-8H,1-4H3,(H,20,22). The lowest BCUT2D eigenvalue weighted by atomic mass is 9.92. The van der Waals surface area contributed by atoms with Crippen LogP contribution in [0.4, 0.5) is 22.4 Å². The highest BCUT2D eigenvalue weighted by Gasteiger charge is 2.36. The minimum absolute atomic E-state index is 0.214. The molecule has 0 heterocycles. The molecule has 1 amide bonds. The molecule has 4 nitrogen and oxygen atoms in total. The van der Waals surface area contributed by atoms with E-state index in [0.29, 0.717) is 12.1 Å². The molecule has 1 aromatic rings. The molecule has 0 aliphatic carbocycles. The highest BCUT2D eigenvalue weighted by atomic mass is 19.4. The molecule has 1 atom stereocenters. The maximum Gasteiger partial charge on any atom is 0.416 e. The number of carbonyl (C=O) groups is 2. The van der Waals surface area contributed by atoms with Crippen molar-refractivity contribution in [3.63, 3.8) is 0 Å². The number of halogens is 4. The monoisotopic (exact) mass is 335 g/mol. The van der Waals surface area contributed by atoms with Gasteiger partial charge in [-0.1, -0.05) is 0 Å². The van der Waals surface area contributed by atoms with Crippen molar-refractivity contribution in [3.8, 4) is 0 Å². The van der Waals surface area contributed by atoms with Gasteiger partial charge >= 0.3 is 12.3 Å². The van der Waals surface area contributed by atoms with Gasteiger partial charge in [0.1, 0.15) is 23.2 Å². The van der Waals surface area contributed by atoms with Crippen LogP contribution in [0, 0.1) is 5.82 Å². The molecule has 0 spiro atoms. The second kappa shape index (κ2) is 6.17. The van der Waals surface area contributed by atoms with Gasteiger partial charge in [0.2, 0.25) is 0 Å². The Morgan fingerprint density at radius 1 is 1.09 bits per heavy atom. The number of amides is 1. The number of nitrogens with one attached hydrogen (secondary N) is 1. The molecular weight excluding hydrogens is 318 g/mol. The van der Waals surface area contributed by atoms with Gasteiger partial charge in [0.15, 0.2) is 0 Å². The molecule has 8 heteroatoms. The van der Waals surface area contributed by atoms with E-state index in [9.17, 15) is 27.2 Å². The Hall–Kier alpha value is -2.12. The Morgan fingerprint density at radius 2 is 1.61 bits per heavy atom. The first-order chi connectivity index (χ1) is 10.3. The summed E-state index contributed by atoms with van der Waals surface area (Å²) in [6.07, 6.45) is -5.58. The van der Waals surface area contributed by atoms with Crippen molar-refractivity contribution in [1.29, 1.82) is 0 Å². The molecule has 0 aromatic heterocycles. The molecule has 128 valence electrons. The zero-order valence-electron chi connectivity index (χ0n) is 13.0. The summed E-state index contributed by atoms with van der Waals surface area (Å²) in [4.78, 5) is 23.1. The van der Waals surface area contributed by atoms with E-state index in [-0.39, 0.29) is 11.8 Å². The SMILES string of the molecule is CC(C)(C)OC(=O)NC(C)(C=O)c1cc(F)cc(C(F)(F)F)c1. The van der Waals surface area contributed by atoms with E-state index in [1.807, 2.05) is 0 Å². The van der Waals surface area contributed by atoms with Gasteiger partial charge in [-0.3, -0.25) is 0 Å². The summed E-state index contributed by atoms with van der Waals surface area (Å²) in [6, 6.07) is 1.66. The van der Waals surface area contributed by atoms with E-state index in [2.05, 4.69) is 5.32 Å². The summed E-state index contributed by atoms with van der Waals surface area (Å²) in [5, 5.41) is 2.16. The molecule has 0 aliphatic rings. The number of alkyl halides is 3. The van der Waals surface area contributed by atoms with Crippen LogP contribution < -0.4 is 5.32 Å². The van der Waals surface area contributed by atoms with Crippen LogP contribution in [-0.2, 0) is 21.2 Å². The smallest absolute Gasteiger partial charge is 0.416 e. The highest BCUT2D eigenvalue weighted by molar-refractivity contribution is 5.78. The quantitative estimate of drug-likeness (QED) is 0.675. The Labute approximate surface area is 130 Å². The molecule has 23 heavy (non-hydrogen) atoms. The fraction of sp³-hybridized carbons (Fsp3) is 0.467. The van der Waals surface area contributed by atoms with Crippen molar-refractivity contribution in [2.24, 2.45) is 0 Å². The third-order valence-electron chi connectivity index (χ3n) is 2.82. The Bertz CT molecular complexity index is 608. The van der Waals surface area contributed by atoms with Crippen LogP contribution in [-0.4, -0.2) is 18.0 Å². The number of ether oxygens (including phenoxy) is 1. The molecule has 1 N–H and O–H groups in total. The summed E-state index contributed by atoms with van der Waals surface area (Å²) in [5.74, 6) is -1.17. The summed E-state index contributed by atoms with van der Waals surface area (Å²) < 4.78 is 56.7. The van der Waals surface area contributed by atoms with E-state index in [0.717, 1.165) is 13.0 Å². The van der Waals surface area contributed by atoms with Gasteiger partial charge in [0.25, 0.3) is 0 Å². The molecule has 0 saturated heterocycles. The number of aldehydes is 1. The molecule has 0 saturated carbocycles. The first-order valence-corrected chi connectivity index (χ1v) is 6.62. The van der Waals surface area contributed by atoms with Gasteiger partial charge in [-0.2, -0.15) is 13.2 Å². The Kier molecular flexibility index (Phi) is 5.08. The first kappa shape index (κ1) is 18.9. The average Bonchev–Trinajstić information content (AvgIpc) is 2.34. The lowest BCUT2D eigenvalue weighted by molar-refractivity contribution is -0.138. The highest BCUT2D eigenvalue weighted by Crippen LogP contribution is 2.32. The van der Waals surface area contributed by atoms with Crippen molar-refractivity contribution >= 4 is 12.4 Å². The van der Waals surface area contributed by atoms with E-state index < -0.39 is 34.8 Å². The predicted molar refractivity (Wildman–Crippen MR) is 74.2 cm³/mol. The summed E-state index contributed by atoms with van der Waals surface area (Å²) in [7, 11) is 0. The molecule has 0 fully saturated rings. The predicted octanol–water partition coefficient (Wildman–Crippen LogP) is 3.78. The molecule has 1 unspecified atom stereocenters. The minimum Gasteiger partial charge on any atom is -0.444 e. The van der Waals surface area contributed by atoms with Crippen LogP contribution in [0.1, 0.15) is 38.8 Å². The average molecular weight is 335 g/mol. The van der Waals surface area contributed by atoms with Gasteiger partial charge in [0, 0.05) is 0 Å². The van der Waals surface area contributed by atoms with Crippen molar-refractivity contribution in [2.75, 3.05) is 0 Å². The number of hydrogen-bond donors (Lipinski definition) is 1. The topological polar surface area (TPSA) is 55.4 Å². The second-order valence-corrected chi connectivity index (χ2v) is 6.17. The van der Waals surface area contributed by atoms with Gasteiger partial charge in [-0.15, -0.1) is 0 Å². The maximum atomic E-state index is 13.5. The maximum absolute atomic E-state index is 13.5. The van der Waals surface area contributed by atoms with Crippen molar-refractivity contribution in [3.05, 3.63) is 35.1 Å². The first-order valence-electron chi connectivity index (χ1n) is 6.62. The fourth-order valence-electron chi connectivity index (χ4n) is 1.74. The Morgan fingerprint density at radius 3 is 2.04 bits per heavy atom. The van der Waals surface area contributed by atoms with Crippen LogP contribution >= 0.6 is 0 Å². The van der Waals surface area contributed by atoms with Crippen LogP contribution in [0.15, 0.2) is 18.2 Å². The molecule has 1 aromatic carbocycles. The van der Waals surface area contributed by atoms with Crippen molar-refractivity contribution < 1.29 is 31.9 Å². The van der Waals surface area contributed by atoms with Crippen molar-refractivity contribution in [1.82, 2.24) is 5.32 Å². The van der Waals surface area contributed by atoms with Gasteiger partial charge in [0.05, 0.1) is 5.56 Å². The van der Waals surface area contributed by atoms with Gasteiger partial charge < -0.3 is 14.8 Å². The zero-order chi connectivity index (χ0) is 18.1. The summed E-state index contributed by atoms with van der Waals surface area (Å²) in [6.45, 7) is 5.89. The van der Waals surface area contributed by atoms with Crippen LogP contribution in [0.5, 0.6) is 0 Å². The fourth-order valence-corrected chi connectivity index (χ4v) is 1.74. The van der Waals surface area contributed by atoms with E-state index in [1.54, 1.807) is 20.8 Å². The minimum atomic E-state index is -4.79. The van der Waals surface area contributed by atoms with E-state index >= 15 is 0 Å². The number of alkyl carbamates (subject to hydrolysis) is 1. The molecule has 0 aliphatic heterocycles. The van der Waals surface area contributed by atoms with Gasteiger partial charge in [-0.05, 0) is 51.5 Å². The number of carbonyl (C=O) groups excluding carboxylic acids is 2. The van der Waals surface area contributed by atoms with Crippen LogP contribution in [0.3, 0.4) is 0 Å². The van der Waals surface area contributed by atoms with Crippen LogP contribution in [0.2, 0.25) is 0 Å². The van der Waals surface area contributed by atoms with Crippen molar-refractivity contribution in [2.45, 2.75) is 45.0 Å². The summed E-state index contributed by atoms with van der Waals surface area (Å²) in [5.41, 5.74) is -4.34. The zero-order valence-corrected chi connectivity index (χ0v) is 13.0. The lowest BCUT2D eigenvalue weighted by Gasteiger charge is -2.28. The van der Waals surface area contributed by atoms with Gasteiger partial charge in [-0.25, -0.2) is 9.18 Å². The molecule has 0 radical (unpaired) electrons. The normalized spacial score (nSPS) is 14.8. The van der Waals surface area contributed by atoms with E-state index in [4.69, 9.17) is 4.74 Å². The molecule has 0 bridgehead atoms. The number of hydrogen-bond acceptors (Lipinski definition) is 3. The third kappa shape index (κ3) is 5.22. The molecular formula is C15H17F4NO3. The lowest BCUT2D eigenvalue weighted by Crippen LogP contribution is -2.47.